The van der Waals surface area contributed by atoms with Gasteiger partial charge in [-0.1, -0.05) is 98.1 Å². The number of rotatable bonds is 34. The molecule has 2 saturated heterocycles. The van der Waals surface area contributed by atoms with Crippen molar-refractivity contribution in [3.05, 3.63) is 102 Å². The molecule has 0 spiro atoms. The molecule has 8 N–H and O–H groups in total. The maximum Gasteiger partial charge on any atom is 0.416 e. The second kappa shape index (κ2) is 35.7. The molecule has 11 amide bonds. The lowest BCUT2D eigenvalue weighted by molar-refractivity contribution is -0.137. The van der Waals surface area contributed by atoms with Gasteiger partial charge in [-0.05, 0) is 113 Å². The second-order valence-electron chi connectivity index (χ2n) is 26.6. The number of amides is 11. The number of benzene rings is 3. The second-order valence-corrected chi connectivity index (χ2v) is 29.6. The van der Waals surface area contributed by atoms with Crippen molar-refractivity contribution in [3.63, 3.8) is 0 Å². The molecule has 6 aliphatic rings. The van der Waals surface area contributed by atoms with Crippen LogP contribution in [0.25, 0.3) is 0 Å². The summed E-state index contributed by atoms with van der Waals surface area (Å²) in [5, 5.41) is 35.0. The molecular formula is C72H94N10O18S2. The molecule has 9 rings (SSSR count). The van der Waals surface area contributed by atoms with Gasteiger partial charge in [0.1, 0.15) is 25.3 Å². The average Bonchev–Trinajstić information content (AvgIpc) is 1.59. The van der Waals surface area contributed by atoms with E-state index in [-0.39, 0.29) is 146 Å². The fourth-order valence-corrected chi connectivity index (χ4v) is 16.0. The summed E-state index contributed by atoms with van der Waals surface area (Å²) in [6.07, 6.45) is 6.07. The number of aliphatic hydroxyl groups excluding tert-OH is 2. The first-order chi connectivity index (χ1) is 48.9. The van der Waals surface area contributed by atoms with Gasteiger partial charge in [0.05, 0.1) is 66.8 Å². The predicted octanol–water partition coefficient (Wildman–Crippen LogP) is 8.23. The quantitative estimate of drug-likeness (QED) is 0.0128. The van der Waals surface area contributed by atoms with E-state index in [1.807, 2.05) is 0 Å². The molecule has 3 fully saturated rings. The number of primary amides is 1. The molecule has 5 heterocycles. The Bertz CT molecular complexity index is 3640. The SMILES string of the molecule is C=C1C[C@H]2C(O)N(C(=O)OCc3ccc(NC(=O)[C@H](CCCCNC(N)=O)NC(=O)[C@@H](NC(=O)CCCCCN4C(=O)C=CC4=O)C(C)C)cc3)c3cc(OCCCCCOc4cc5c(cc4OC)C(=O)N4CC(=C)C[C@H]4C(O)N5C(=O)OCC4(SSCC)CCCC4)c(OC)cc3C(=O)N2C1. The van der Waals surface area contributed by atoms with Crippen molar-refractivity contribution >= 4 is 98.2 Å². The summed E-state index contributed by atoms with van der Waals surface area (Å²) < 4.78 is 35.7. The number of methoxy groups -OCH3 is 2. The Morgan fingerprint density at radius 3 is 1.76 bits per heavy atom. The van der Waals surface area contributed by atoms with Gasteiger partial charge in [-0.2, -0.15) is 0 Å². The molecule has 102 heavy (non-hydrogen) atoms. The maximum atomic E-state index is 14.5. The molecule has 28 nitrogen and oxygen atoms in total. The first-order valence-corrected chi connectivity index (χ1v) is 37.1. The zero-order valence-electron chi connectivity index (χ0n) is 58.5. The van der Waals surface area contributed by atoms with E-state index in [0.29, 0.717) is 74.6 Å². The van der Waals surface area contributed by atoms with Crippen molar-refractivity contribution in [2.75, 3.05) is 81.1 Å². The van der Waals surface area contributed by atoms with E-state index in [0.717, 1.165) is 51.7 Å². The third-order valence-corrected chi connectivity index (χ3v) is 22.1. The van der Waals surface area contributed by atoms with Gasteiger partial charge in [-0.3, -0.25) is 38.5 Å². The van der Waals surface area contributed by atoms with Crippen LogP contribution in [-0.2, 0) is 40.1 Å². The zero-order chi connectivity index (χ0) is 73.4. The Balaban J connectivity index is 0.816. The molecule has 552 valence electrons. The van der Waals surface area contributed by atoms with Crippen molar-refractivity contribution in [2.24, 2.45) is 11.7 Å². The van der Waals surface area contributed by atoms with Gasteiger partial charge >= 0.3 is 18.2 Å². The summed E-state index contributed by atoms with van der Waals surface area (Å²) in [5.41, 5.74) is 7.78. The maximum absolute atomic E-state index is 14.5. The number of anilines is 3. The van der Waals surface area contributed by atoms with Crippen LogP contribution in [0.1, 0.15) is 150 Å². The smallest absolute Gasteiger partial charge is 0.416 e. The largest absolute Gasteiger partial charge is 0.493 e. The van der Waals surface area contributed by atoms with Gasteiger partial charge in [0.2, 0.25) is 17.7 Å². The summed E-state index contributed by atoms with van der Waals surface area (Å²) in [7, 11) is 6.32. The molecule has 6 atom stereocenters. The molecule has 2 unspecified atom stereocenters. The van der Waals surface area contributed by atoms with E-state index in [4.69, 9.17) is 34.2 Å². The van der Waals surface area contributed by atoms with Crippen molar-refractivity contribution in [1.29, 1.82) is 0 Å². The molecule has 5 aliphatic heterocycles. The van der Waals surface area contributed by atoms with E-state index in [1.54, 1.807) is 59.7 Å². The van der Waals surface area contributed by atoms with Crippen molar-refractivity contribution < 1.29 is 86.6 Å². The summed E-state index contributed by atoms with van der Waals surface area (Å²) in [6, 6.07) is 7.90. The van der Waals surface area contributed by atoms with E-state index in [2.05, 4.69) is 41.3 Å². The summed E-state index contributed by atoms with van der Waals surface area (Å²) >= 11 is 0. The number of carbonyl (C=O) groups is 10. The highest BCUT2D eigenvalue weighted by molar-refractivity contribution is 8.77. The van der Waals surface area contributed by atoms with Crippen LogP contribution in [0.5, 0.6) is 23.0 Å². The highest BCUT2D eigenvalue weighted by atomic mass is 33.1. The zero-order valence-corrected chi connectivity index (χ0v) is 60.1. The minimum Gasteiger partial charge on any atom is -0.493 e. The Labute approximate surface area is 601 Å². The van der Waals surface area contributed by atoms with Crippen LogP contribution < -0.4 is 55.7 Å². The van der Waals surface area contributed by atoms with Gasteiger partial charge in [-0.25, -0.2) is 24.2 Å². The summed E-state index contributed by atoms with van der Waals surface area (Å²) in [5.74, 6) is -1.81. The predicted molar refractivity (Wildman–Crippen MR) is 383 cm³/mol. The third kappa shape index (κ3) is 19.0. The van der Waals surface area contributed by atoms with Crippen molar-refractivity contribution in [1.82, 2.24) is 30.7 Å². The number of nitrogens with zero attached hydrogens (tertiary/aromatic N) is 5. The highest BCUT2D eigenvalue weighted by Gasteiger charge is 2.49. The van der Waals surface area contributed by atoms with Crippen LogP contribution in [0.4, 0.5) is 31.4 Å². The van der Waals surface area contributed by atoms with Gasteiger partial charge < -0.3 is 75.4 Å². The van der Waals surface area contributed by atoms with E-state index in [1.165, 1.54) is 60.4 Å². The molecule has 3 aromatic rings. The first kappa shape index (κ1) is 77.2. The van der Waals surface area contributed by atoms with Crippen LogP contribution in [0.3, 0.4) is 0 Å². The Morgan fingerprint density at radius 2 is 1.24 bits per heavy atom. The number of aliphatic hydroxyl groups is 2. The Morgan fingerprint density at radius 1 is 0.686 bits per heavy atom. The molecule has 0 aromatic heterocycles. The number of urea groups is 1. The molecule has 0 radical (unpaired) electrons. The average molecular weight is 1450 g/mol. The number of nitrogens with two attached hydrogens (primary N) is 1. The monoisotopic (exact) mass is 1450 g/mol. The lowest BCUT2D eigenvalue weighted by atomic mass is 10.0. The highest BCUT2D eigenvalue weighted by Crippen LogP contribution is 2.49. The fourth-order valence-electron chi connectivity index (χ4n) is 13.3. The van der Waals surface area contributed by atoms with E-state index < -0.39 is 78.5 Å². The standard InChI is InChI=1S/C72H94N10O18S2/c1-8-101-102-72(27-13-14-28-72)42-100-71(94)82-52-38-58(56(96-7)36-49(52)66(89)80-40-45(5)34-54(80)68(82)91)98-32-18-10-17-31-97-57-37-51-48(35-55(57)95-6)65(88)79-39-44(4)33-53(79)67(90)81(51)70(93)99-41-46-21-23-47(24-22-46)75-63(86)50(19-12-15-29-74-69(73)92)76-64(87)62(43(2)3)77-59(83)20-11-9-16-30-78-60(84)25-26-61(78)85/h21-26,35-38,43,50,53-54,62,67-68,90-91H,4-5,8-20,27-34,39-42H2,1-3,6-7H3,(H,75,86)(H,76,87)(H,77,83)(H3,73,74,92)/t50-,53-,54-,62-,67?,68?/m0/s1. The molecule has 30 heteroatoms. The lowest BCUT2D eigenvalue weighted by Crippen LogP contribution is -2.54. The number of nitrogens with one attached hydrogen (secondary N) is 4. The third-order valence-electron chi connectivity index (χ3n) is 18.8. The first-order valence-electron chi connectivity index (χ1n) is 34.7. The minimum absolute atomic E-state index is 0.00914. The summed E-state index contributed by atoms with van der Waals surface area (Å²) in [6.45, 7) is 14.7. The number of hydrogen-bond acceptors (Lipinski definition) is 20. The van der Waals surface area contributed by atoms with Gasteiger partial charge in [0.25, 0.3) is 23.6 Å². The Kier molecular flexibility index (Phi) is 27.0. The van der Waals surface area contributed by atoms with Gasteiger partial charge in [0.15, 0.2) is 35.5 Å². The van der Waals surface area contributed by atoms with Crippen LogP contribution in [0.15, 0.2) is 85.0 Å². The molecule has 3 aromatic carbocycles. The number of hydrogen-bond donors (Lipinski definition) is 7. The van der Waals surface area contributed by atoms with Crippen molar-refractivity contribution in [3.8, 4) is 23.0 Å². The van der Waals surface area contributed by atoms with Crippen LogP contribution in [-0.4, -0.2) is 192 Å². The van der Waals surface area contributed by atoms with Gasteiger partial charge in [-0.15, -0.1) is 0 Å². The molecular weight excluding hydrogens is 1360 g/mol. The fraction of sp³-hybridized carbons (Fsp3) is 0.528. The Hall–Kier alpha value is -9.00. The number of imide groups is 1. The molecule has 1 aliphatic carbocycles. The normalized spacial score (nSPS) is 19.5. The topological polar surface area (TPSA) is 357 Å². The van der Waals surface area contributed by atoms with Crippen LogP contribution in [0, 0.1) is 5.92 Å². The van der Waals surface area contributed by atoms with Crippen LogP contribution >= 0.6 is 21.6 Å². The van der Waals surface area contributed by atoms with E-state index in [9.17, 15) is 58.2 Å². The molecule has 1 saturated carbocycles. The number of unbranched alkanes of at least 4 members (excludes halogenated alkanes) is 5. The van der Waals surface area contributed by atoms with Crippen LogP contribution in [0.2, 0.25) is 0 Å². The molecule has 0 bridgehead atoms. The van der Waals surface area contributed by atoms with E-state index >= 15 is 0 Å². The lowest BCUT2D eigenvalue weighted by Gasteiger charge is -2.33. The minimum atomic E-state index is -1.59. The number of ether oxygens (including phenoxy) is 6. The van der Waals surface area contributed by atoms with Crippen molar-refractivity contribution in [2.45, 2.75) is 171 Å². The number of fused-ring (bicyclic) bond motifs is 4. The number of carbonyl (C=O) groups excluding carboxylic acids is 10. The summed E-state index contributed by atoms with van der Waals surface area (Å²) in [4.78, 5) is 140. The van der Waals surface area contributed by atoms with Gasteiger partial charge in [0, 0.05) is 68.3 Å².